The van der Waals surface area contributed by atoms with Gasteiger partial charge in [0.15, 0.2) is 11.2 Å². The average Bonchev–Trinajstić information content (AvgIpc) is 3.05. The summed E-state index contributed by atoms with van der Waals surface area (Å²) in [6.45, 7) is 8.20. The molecule has 0 fully saturated rings. The molecule has 1 atom stereocenters. The molecule has 8 heteroatoms. The molecular weight excluding hydrogens is 390 g/mol. The zero-order chi connectivity index (χ0) is 20.9. The summed E-state index contributed by atoms with van der Waals surface area (Å²) in [5.41, 5.74) is 1.32. The first kappa shape index (κ1) is 19.8. The number of hydrogen-bond donors (Lipinski definition) is 0. The Morgan fingerprint density at radius 3 is 2.52 bits per heavy atom. The maximum absolute atomic E-state index is 13.3. The smallest absolute Gasteiger partial charge is 0.312 e. The summed E-state index contributed by atoms with van der Waals surface area (Å²) in [6, 6.07) is 7.59. The Morgan fingerprint density at radius 2 is 1.86 bits per heavy atom. The van der Waals surface area contributed by atoms with E-state index < -0.39 is 0 Å². The molecule has 0 amide bonds. The van der Waals surface area contributed by atoms with Gasteiger partial charge in [0.1, 0.15) is 0 Å². The van der Waals surface area contributed by atoms with Crippen LogP contribution >= 0.6 is 11.6 Å². The Hall–Kier alpha value is -2.54. The van der Waals surface area contributed by atoms with E-state index in [4.69, 9.17) is 16.6 Å². The van der Waals surface area contributed by atoms with E-state index in [0.29, 0.717) is 47.1 Å². The maximum atomic E-state index is 13.3. The van der Waals surface area contributed by atoms with E-state index in [1.165, 1.54) is 9.13 Å². The van der Waals surface area contributed by atoms with Crippen molar-refractivity contribution in [3.05, 3.63) is 50.1 Å². The van der Waals surface area contributed by atoms with Gasteiger partial charge in [-0.25, -0.2) is 4.79 Å². The van der Waals surface area contributed by atoms with E-state index in [1.54, 1.807) is 7.05 Å². The van der Waals surface area contributed by atoms with Crippen LogP contribution in [0.25, 0.3) is 11.2 Å². The van der Waals surface area contributed by atoms with Crippen LogP contribution in [0.2, 0.25) is 5.02 Å². The number of hydrogen-bond acceptors (Lipinski definition) is 4. The Morgan fingerprint density at radius 1 is 1.17 bits per heavy atom. The number of benzene rings is 1. The first-order valence-corrected chi connectivity index (χ1v) is 10.4. The Labute approximate surface area is 174 Å². The van der Waals surface area contributed by atoms with Crippen molar-refractivity contribution in [2.24, 2.45) is 18.9 Å². The Kier molecular flexibility index (Phi) is 5.02. The van der Waals surface area contributed by atoms with Crippen molar-refractivity contribution >= 4 is 34.4 Å². The lowest BCUT2D eigenvalue weighted by Gasteiger charge is -2.33. The third kappa shape index (κ3) is 3.37. The summed E-state index contributed by atoms with van der Waals surface area (Å²) < 4.78 is 4.81. The van der Waals surface area contributed by atoms with E-state index in [0.717, 1.165) is 18.7 Å². The van der Waals surface area contributed by atoms with Gasteiger partial charge in [-0.2, -0.15) is 4.98 Å². The molecule has 2 aromatic heterocycles. The molecule has 0 aliphatic carbocycles. The topological polar surface area (TPSA) is 65.1 Å². The number of halogens is 1. The summed E-state index contributed by atoms with van der Waals surface area (Å²) in [4.78, 5) is 32.9. The lowest BCUT2D eigenvalue weighted by atomic mass is 10.1. The monoisotopic (exact) mass is 415 g/mol. The molecule has 4 rings (SSSR count). The van der Waals surface area contributed by atoms with Gasteiger partial charge in [-0.1, -0.05) is 32.4 Å². The van der Waals surface area contributed by atoms with E-state index in [2.05, 4.69) is 25.7 Å². The standard InChI is InChI=1S/C21H26ClN5O2/c1-13(2)9-10-25-19(28)17-18(24(4)21(25)29)23-20-26(11-14(3)12-27(17)20)16-7-5-15(22)6-8-16/h5-8,13-14H,9-12H2,1-4H3/t14-/m1/s1. The minimum absolute atomic E-state index is 0.257. The predicted molar refractivity (Wildman–Crippen MR) is 116 cm³/mol. The van der Waals surface area contributed by atoms with Crippen molar-refractivity contribution in [1.29, 1.82) is 0 Å². The molecule has 1 aromatic carbocycles. The molecule has 1 aliphatic rings. The molecular formula is C21H26ClN5O2. The van der Waals surface area contributed by atoms with Crippen molar-refractivity contribution in [3.8, 4) is 0 Å². The highest BCUT2D eigenvalue weighted by Gasteiger charge is 2.29. The molecule has 3 heterocycles. The van der Waals surface area contributed by atoms with Crippen LogP contribution in [0.15, 0.2) is 33.9 Å². The van der Waals surface area contributed by atoms with Gasteiger partial charge in [0.25, 0.3) is 5.56 Å². The normalized spacial score (nSPS) is 16.6. The molecule has 0 unspecified atom stereocenters. The van der Waals surface area contributed by atoms with Gasteiger partial charge in [0, 0.05) is 37.4 Å². The number of anilines is 2. The molecule has 3 aromatic rings. The van der Waals surface area contributed by atoms with Crippen LogP contribution in [0, 0.1) is 11.8 Å². The predicted octanol–water partition coefficient (Wildman–Crippen LogP) is 3.38. The summed E-state index contributed by atoms with van der Waals surface area (Å²) in [5, 5.41) is 0.669. The molecule has 29 heavy (non-hydrogen) atoms. The first-order valence-electron chi connectivity index (χ1n) is 10.0. The molecule has 0 N–H and O–H groups in total. The van der Waals surface area contributed by atoms with Crippen molar-refractivity contribution in [3.63, 3.8) is 0 Å². The lowest BCUT2D eigenvalue weighted by molar-refractivity contribution is 0.455. The van der Waals surface area contributed by atoms with Crippen molar-refractivity contribution in [2.75, 3.05) is 11.4 Å². The molecule has 0 spiro atoms. The van der Waals surface area contributed by atoms with Gasteiger partial charge < -0.3 is 9.47 Å². The summed E-state index contributed by atoms with van der Waals surface area (Å²) in [6.07, 6.45) is 0.773. The number of aryl methyl sites for hydroxylation is 1. The highest BCUT2D eigenvalue weighted by Crippen LogP contribution is 2.33. The fourth-order valence-corrected chi connectivity index (χ4v) is 4.05. The minimum atomic E-state index is -0.315. The van der Waals surface area contributed by atoms with E-state index >= 15 is 0 Å². The van der Waals surface area contributed by atoms with Crippen molar-refractivity contribution < 1.29 is 0 Å². The lowest BCUT2D eigenvalue weighted by Crippen LogP contribution is -2.40. The fourth-order valence-electron chi connectivity index (χ4n) is 3.93. The molecule has 1 aliphatic heterocycles. The second-order valence-electron chi connectivity index (χ2n) is 8.37. The van der Waals surface area contributed by atoms with Crippen LogP contribution in [0.4, 0.5) is 11.6 Å². The van der Waals surface area contributed by atoms with Crippen LogP contribution in [0.5, 0.6) is 0 Å². The number of aromatic nitrogens is 4. The maximum Gasteiger partial charge on any atom is 0.332 e. The molecule has 0 radical (unpaired) electrons. The number of nitrogens with zero attached hydrogens (tertiary/aromatic N) is 5. The average molecular weight is 416 g/mol. The first-order chi connectivity index (χ1) is 13.8. The zero-order valence-corrected chi connectivity index (χ0v) is 18.0. The van der Waals surface area contributed by atoms with Gasteiger partial charge >= 0.3 is 5.69 Å². The summed E-state index contributed by atoms with van der Waals surface area (Å²) in [5.74, 6) is 1.41. The third-order valence-electron chi connectivity index (χ3n) is 5.51. The van der Waals surface area contributed by atoms with Crippen molar-refractivity contribution in [1.82, 2.24) is 18.7 Å². The van der Waals surface area contributed by atoms with Crippen molar-refractivity contribution in [2.45, 2.75) is 40.3 Å². The van der Waals surface area contributed by atoms with Gasteiger partial charge in [0.05, 0.1) is 0 Å². The van der Waals surface area contributed by atoms with Crippen LogP contribution in [-0.4, -0.2) is 25.2 Å². The molecule has 0 bridgehead atoms. The second kappa shape index (κ2) is 7.37. The van der Waals surface area contributed by atoms with E-state index in [1.807, 2.05) is 28.8 Å². The van der Waals surface area contributed by atoms with Gasteiger partial charge in [0.2, 0.25) is 5.95 Å². The number of imidazole rings is 1. The van der Waals surface area contributed by atoms with Crippen LogP contribution < -0.4 is 16.1 Å². The van der Waals surface area contributed by atoms with Gasteiger partial charge in [-0.3, -0.25) is 13.9 Å². The molecule has 0 saturated carbocycles. The van der Waals surface area contributed by atoms with Gasteiger partial charge in [-0.05, 0) is 42.5 Å². The summed E-state index contributed by atoms with van der Waals surface area (Å²) >= 11 is 6.05. The molecule has 0 saturated heterocycles. The van der Waals surface area contributed by atoms with Crippen LogP contribution in [-0.2, 0) is 20.1 Å². The number of rotatable bonds is 4. The van der Waals surface area contributed by atoms with Crippen LogP contribution in [0.3, 0.4) is 0 Å². The van der Waals surface area contributed by atoms with Gasteiger partial charge in [-0.15, -0.1) is 0 Å². The molecule has 154 valence electrons. The quantitative estimate of drug-likeness (QED) is 0.655. The highest BCUT2D eigenvalue weighted by atomic mass is 35.5. The largest absolute Gasteiger partial charge is 0.332 e. The van der Waals surface area contributed by atoms with Crippen LogP contribution in [0.1, 0.15) is 27.2 Å². The van der Waals surface area contributed by atoms with E-state index in [-0.39, 0.29) is 11.2 Å². The summed E-state index contributed by atoms with van der Waals surface area (Å²) in [7, 11) is 1.69. The second-order valence-corrected chi connectivity index (χ2v) is 8.80. The SMILES string of the molecule is CC(C)CCn1c(=O)c2c(nc3n2C[C@H](C)CN3c2ccc(Cl)cc2)n(C)c1=O. The molecule has 7 nitrogen and oxygen atoms in total. The van der Waals surface area contributed by atoms with E-state index in [9.17, 15) is 9.59 Å². The Balaban J connectivity index is 1.94. The fraction of sp³-hybridized carbons (Fsp3) is 0.476. The third-order valence-corrected chi connectivity index (χ3v) is 5.76. The zero-order valence-electron chi connectivity index (χ0n) is 17.2. The Bertz CT molecular complexity index is 1170. The highest BCUT2D eigenvalue weighted by molar-refractivity contribution is 6.30. The number of fused-ring (bicyclic) bond motifs is 3. The minimum Gasteiger partial charge on any atom is -0.312 e.